The number of carbonyl (C=O) groups excluding carboxylic acids is 2. The molecule has 2 aliphatic rings. The van der Waals surface area contributed by atoms with Crippen molar-refractivity contribution in [3.63, 3.8) is 0 Å². The van der Waals surface area contributed by atoms with E-state index in [9.17, 15) is 19.5 Å². The maximum Gasteiger partial charge on any atom is 0.307 e. The van der Waals surface area contributed by atoms with Gasteiger partial charge in [-0.05, 0) is 55.4 Å². The number of carboxylic acid groups (broad SMARTS) is 1. The summed E-state index contributed by atoms with van der Waals surface area (Å²) in [5, 5.41) is 14.9. The van der Waals surface area contributed by atoms with Crippen LogP contribution in [0.2, 0.25) is 0 Å². The van der Waals surface area contributed by atoms with Gasteiger partial charge in [0, 0.05) is 18.3 Å². The Balaban J connectivity index is 1.69. The summed E-state index contributed by atoms with van der Waals surface area (Å²) in [6.45, 7) is 1.43. The Labute approximate surface area is 134 Å². The summed E-state index contributed by atoms with van der Waals surface area (Å²) in [5.74, 6) is -1.92. The molecule has 0 unspecified atom stereocenters. The number of carboxylic acids is 1. The van der Waals surface area contributed by atoms with Crippen molar-refractivity contribution in [2.75, 3.05) is 10.6 Å². The van der Waals surface area contributed by atoms with E-state index in [1.807, 2.05) is 0 Å². The first-order valence-corrected chi connectivity index (χ1v) is 7.87. The van der Waals surface area contributed by atoms with Gasteiger partial charge >= 0.3 is 5.97 Å². The Bertz CT molecular complexity index is 640. The van der Waals surface area contributed by atoms with Gasteiger partial charge in [-0.15, -0.1) is 0 Å². The molecular formula is C17H20N2O4. The highest BCUT2D eigenvalue weighted by Crippen LogP contribution is 2.52. The van der Waals surface area contributed by atoms with Crippen LogP contribution in [-0.2, 0) is 14.4 Å². The number of fused-ring (bicyclic) bond motifs is 2. The average Bonchev–Trinajstić information content (AvgIpc) is 3.09. The molecule has 0 aromatic heterocycles. The molecule has 0 heterocycles. The quantitative estimate of drug-likeness (QED) is 0.794. The second kappa shape index (κ2) is 6.02. The van der Waals surface area contributed by atoms with Crippen molar-refractivity contribution >= 4 is 29.2 Å². The first kappa shape index (κ1) is 15.5. The van der Waals surface area contributed by atoms with E-state index in [4.69, 9.17) is 0 Å². The van der Waals surface area contributed by atoms with Crippen LogP contribution in [-0.4, -0.2) is 22.9 Å². The lowest BCUT2D eigenvalue weighted by atomic mass is 9.78. The molecule has 6 nitrogen and oxygen atoms in total. The van der Waals surface area contributed by atoms with Crippen LogP contribution in [0.15, 0.2) is 24.3 Å². The molecule has 2 aliphatic carbocycles. The van der Waals surface area contributed by atoms with Crippen molar-refractivity contribution in [2.24, 2.45) is 23.7 Å². The molecule has 2 amide bonds. The number of nitrogens with one attached hydrogen (secondary N) is 2. The first-order chi connectivity index (χ1) is 11.0. The third-order valence-corrected chi connectivity index (χ3v) is 4.98. The molecule has 1 aromatic carbocycles. The minimum absolute atomic E-state index is 0.135. The minimum Gasteiger partial charge on any atom is -0.481 e. The SMILES string of the molecule is CC(=O)Nc1ccc(NC(=O)[C@@H]2[C@H]3CC[C@@H](C3)[C@@H]2C(=O)O)cc1. The Morgan fingerprint density at radius 1 is 0.957 bits per heavy atom. The fraction of sp³-hybridized carbons (Fsp3) is 0.471. The number of benzene rings is 1. The number of hydrogen-bond acceptors (Lipinski definition) is 3. The summed E-state index contributed by atoms with van der Waals surface area (Å²) >= 11 is 0. The number of hydrogen-bond donors (Lipinski definition) is 3. The molecule has 2 saturated carbocycles. The number of amides is 2. The molecule has 0 radical (unpaired) electrons. The standard InChI is InChI=1S/C17H20N2O4/c1-9(20)18-12-4-6-13(7-5-12)19-16(21)14-10-2-3-11(8-10)15(14)17(22)23/h4-7,10-11,14-15H,2-3,8H2,1H3,(H,18,20)(H,19,21)(H,22,23)/t10-,11-,14+,15-/m0/s1. The third kappa shape index (κ3) is 3.06. The molecule has 122 valence electrons. The van der Waals surface area contributed by atoms with Crippen LogP contribution in [0.1, 0.15) is 26.2 Å². The van der Waals surface area contributed by atoms with E-state index in [2.05, 4.69) is 10.6 Å². The van der Waals surface area contributed by atoms with Gasteiger partial charge in [0.2, 0.25) is 11.8 Å². The predicted molar refractivity (Wildman–Crippen MR) is 84.8 cm³/mol. The van der Waals surface area contributed by atoms with Crippen molar-refractivity contribution in [2.45, 2.75) is 26.2 Å². The smallest absolute Gasteiger partial charge is 0.307 e. The molecule has 0 spiro atoms. The summed E-state index contributed by atoms with van der Waals surface area (Å²) in [5.41, 5.74) is 1.26. The van der Waals surface area contributed by atoms with Gasteiger partial charge in [0.25, 0.3) is 0 Å². The summed E-state index contributed by atoms with van der Waals surface area (Å²) in [6.07, 6.45) is 2.70. The highest BCUT2D eigenvalue weighted by molar-refractivity contribution is 5.96. The Morgan fingerprint density at radius 2 is 1.48 bits per heavy atom. The van der Waals surface area contributed by atoms with Gasteiger partial charge in [0.05, 0.1) is 11.8 Å². The normalized spacial score (nSPS) is 28.4. The van der Waals surface area contributed by atoms with Gasteiger partial charge in [-0.3, -0.25) is 14.4 Å². The predicted octanol–water partition coefficient (Wildman–Crippen LogP) is 2.33. The van der Waals surface area contributed by atoms with Crippen LogP contribution in [0.5, 0.6) is 0 Å². The van der Waals surface area contributed by atoms with Gasteiger partial charge < -0.3 is 15.7 Å². The van der Waals surface area contributed by atoms with E-state index in [0.717, 1.165) is 19.3 Å². The van der Waals surface area contributed by atoms with Crippen LogP contribution in [0.4, 0.5) is 11.4 Å². The van der Waals surface area contributed by atoms with E-state index in [1.54, 1.807) is 24.3 Å². The van der Waals surface area contributed by atoms with Gasteiger partial charge in [-0.25, -0.2) is 0 Å². The van der Waals surface area contributed by atoms with E-state index in [0.29, 0.717) is 11.4 Å². The van der Waals surface area contributed by atoms with Gasteiger partial charge in [-0.2, -0.15) is 0 Å². The third-order valence-electron chi connectivity index (χ3n) is 4.98. The van der Waals surface area contributed by atoms with Crippen LogP contribution in [0.3, 0.4) is 0 Å². The summed E-state index contributed by atoms with van der Waals surface area (Å²) < 4.78 is 0. The molecule has 0 saturated heterocycles. The van der Waals surface area contributed by atoms with E-state index < -0.39 is 17.8 Å². The Kier molecular flexibility index (Phi) is 4.07. The van der Waals surface area contributed by atoms with Crippen molar-refractivity contribution in [3.05, 3.63) is 24.3 Å². The molecular weight excluding hydrogens is 296 g/mol. The van der Waals surface area contributed by atoms with Crippen LogP contribution >= 0.6 is 0 Å². The number of aliphatic carboxylic acids is 1. The van der Waals surface area contributed by atoms with E-state index in [-0.39, 0.29) is 23.7 Å². The van der Waals surface area contributed by atoms with Gasteiger partial charge in [0.1, 0.15) is 0 Å². The topological polar surface area (TPSA) is 95.5 Å². The van der Waals surface area contributed by atoms with Gasteiger partial charge in [0.15, 0.2) is 0 Å². The Hall–Kier alpha value is -2.37. The van der Waals surface area contributed by atoms with Crippen molar-refractivity contribution in [1.29, 1.82) is 0 Å². The van der Waals surface area contributed by atoms with Gasteiger partial charge in [-0.1, -0.05) is 0 Å². The molecule has 1 aromatic rings. The maximum absolute atomic E-state index is 12.5. The molecule has 23 heavy (non-hydrogen) atoms. The summed E-state index contributed by atoms with van der Waals surface area (Å²) in [6, 6.07) is 6.80. The lowest BCUT2D eigenvalue weighted by Crippen LogP contribution is -2.37. The van der Waals surface area contributed by atoms with E-state index >= 15 is 0 Å². The molecule has 2 fully saturated rings. The zero-order chi connectivity index (χ0) is 16.6. The summed E-state index contributed by atoms with van der Waals surface area (Å²) in [7, 11) is 0. The van der Waals surface area contributed by atoms with Crippen LogP contribution < -0.4 is 10.6 Å². The number of rotatable bonds is 4. The average molecular weight is 316 g/mol. The first-order valence-electron chi connectivity index (χ1n) is 7.87. The zero-order valence-electron chi connectivity index (χ0n) is 12.9. The lowest BCUT2D eigenvalue weighted by molar-refractivity contribution is -0.148. The molecule has 0 aliphatic heterocycles. The van der Waals surface area contributed by atoms with E-state index in [1.165, 1.54) is 6.92 Å². The fourth-order valence-corrected chi connectivity index (χ4v) is 4.09. The van der Waals surface area contributed by atoms with Crippen molar-refractivity contribution in [3.8, 4) is 0 Å². The van der Waals surface area contributed by atoms with Crippen molar-refractivity contribution in [1.82, 2.24) is 0 Å². The second-order valence-corrected chi connectivity index (χ2v) is 6.47. The molecule has 4 atom stereocenters. The molecule has 2 bridgehead atoms. The summed E-state index contributed by atoms with van der Waals surface area (Å²) in [4.78, 5) is 35.0. The number of carbonyl (C=O) groups is 3. The maximum atomic E-state index is 12.5. The molecule has 3 rings (SSSR count). The van der Waals surface area contributed by atoms with Crippen LogP contribution in [0.25, 0.3) is 0 Å². The molecule has 6 heteroatoms. The van der Waals surface area contributed by atoms with Crippen molar-refractivity contribution < 1.29 is 19.5 Å². The largest absolute Gasteiger partial charge is 0.481 e. The zero-order valence-corrected chi connectivity index (χ0v) is 12.9. The highest BCUT2D eigenvalue weighted by Gasteiger charge is 2.53. The second-order valence-electron chi connectivity index (χ2n) is 6.47. The monoisotopic (exact) mass is 316 g/mol. The van der Waals surface area contributed by atoms with Crippen LogP contribution in [0, 0.1) is 23.7 Å². The lowest BCUT2D eigenvalue weighted by Gasteiger charge is -2.27. The fourth-order valence-electron chi connectivity index (χ4n) is 4.09. The number of anilines is 2. The minimum atomic E-state index is -0.863. The highest BCUT2D eigenvalue weighted by atomic mass is 16.4. The Morgan fingerprint density at radius 3 is 2.00 bits per heavy atom. The molecule has 3 N–H and O–H groups in total.